The van der Waals surface area contributed by atoms with Crippen LogP contribution in [0.1, 0.15) is 0 Å². The first-order valence-corrected chi connectivity index (χ1v) is 17.8. The van der Waals surface area contributed by atoms with Crippen molar-refractivity contribution in [3.8, 4) is 22.3 Å². The van der Waals surface area contributed by atoms with Crippen LogP contribution in [0.25, 0.3) is 107 Å². The Morgan fingerprint density at radius 2 is 0.816 bits per heavy atom. The van der Waals surface area contributed by atoms with E-state index in [1.807, 2.05) is 11.3 Å². The molecule has 0 unspecified atom stereocenters. The predicted octanol–water partition coefficient (Wildman–Crippen LogP) is 14.3. The summed E-state index contributed by atoms with van der Waals surface area (Å²) in [6.45, 7) is 0. The molecule has 0 amide bonds. The fourth-order valence-corrected chi connectivity index (χ4v) is 9.81. The summed E-state index contributed by atoms with van der Waals surface area (Å²) in [6, 6.07) is 63.2. The molecule has 0 aliphatic heterocycles. The van der Waals surface area contributed by atoms with Gasteiger partial charge in [0.1, 0.15) is 0 Å². The third-order valence-corrected chi connectivity index (χ3v) is 11.8. The van der Waals surface area contributed by atoms with Crippen molar-refractivity contribution in [3.63, 3.8) is 0 Å². The summed E-state index contributed by atoms with van der Waals surface area (Å²) in [4.78, 5) is 0. The predicted molar refractivity (Wildman–Crippen MR) is 215 cm³/mol. The highest BCUT2D eigenvalue weighted by atomic mass is 32.1. The first-order chi connectivity index (χ1) is 24.3. The number of benzene rings is 10. The van der Waals surface area contributed by atoms with Gasteiger partial charge in [-0.15, -0.1) is 11.3 Å². The minimum atomic E-state index is 1.25. The molecule has 0 spiro atoms. The Bertz CT molecular complexity index is 3100. The molecular formula is C48H28S. The summed E-state index contributed by atoms with van der Waals surface area (Å²) in [5.41, 5.74) is 5.12. The third-order valence-electron chi connectivity index (χ3n) is 10.6. The van der Waals surface area contributed by atoms with Crippen LogP contribution in [-0.4, -0.2) is 0 Å². The van der Waals surface area contributed by atoms with Gasteiger partial charge in [-0.3, -0.25) is 0 Å². The molecule has 0 nitrogen and oxygen atoms in total. The van der Waals surface area contributed by atoms with Crippen LogP contribution in [0.15, 0.2) is 170 Å². The lowest BCUT2D eigenvalue weighted by Crippen LogP contribution is -1.92. The maximum Gasteiger partial charge on any atom is 0.0440 e. The van der Waals surface area contributed by atoms with Gasteiger partial charge < -0.3 is 0 Å². The van der Waals surface area contributed by atoms with E-state index in [9.17, 15) is 0 Å². The molecule has 226 valence electrons. The molecule has 0 radical (unpaired) electrons. The highest BCUT2D eigenvalue weighted by Gasteiger charge is 2.20. The average molecular weight is 637 g/mol. The van der Waals surface area contributed by atoms with Crippen molar-refractivity contribution >= 4 is 96.1 Å². The van der Waals surface area contributed by atoms with Gasteiger partial charge in [0.05, 0.1) is 0 Å². The van der Waals surface area contributed by atoms with Gasteiger partial charge in [0.15, 0.2) is 0 Å². The molecule has 1 heterocycles. The maximum absolute atomic E-state index is 2.47. The van der Waals surface area contributed by atoms with E-state index in [2.05, 4.69) is 170 Å². The van der Waals surface area contributed by atoms with Gasteiger partial charge in [-0.1, -0.05) is 158 Å². The second-order valence-corrected chi connectivity index (χ2v) is 14.2. The maximum atomic E-state index is 2.47. The van der Waals surface area contributed by atoms with Crippen LogP contribution in [0.4, 0.5) is 0 Å². The minimum absolute atomic E-state index is 1.25. The summed E-state index contributed by atoms with van der Waals surface area (Å²) in [6.07, 6.45) is 0. The van der Waals surface area contributed by atoms with Crippen molar-refractivity contribution < 1.29 is 0 Å². The lowest BCUT2D eigenvalue weighted by molar-refractivity contribution is 1.69. The third kappa shape index (κ3) is 3.79. The topological polar surface area (TPSA) is 0 Å². The van der Waals surface area contributed by atoms with Crippen molar-refractivity contribution in [3.05, 3.63) is 170 Å². The lowest BCUT2D eigenvalue weighted by Gasteiger charge is -2.19. The molecule has 10 aromatic carbocycles. The summed E-state index contributed by atoms with van der Waals surface area (Å²) < 4.78 is 2.71. The van der Waals surface area contributed by atoms with Gasteiger partial charge in [-0.25, -0.2) is 0 Å². The van der Waals surface area contributed by atoms with Gasteiger partial charge in [0.2, 0.25) is 0 Å². The Morgan fingerprint density at radius 3 is 1.55 bits per heavy atom. The number of hydrogen-bond acceptors (Lipinski definition) is 1. The lowest BCUT2D eigenvalue weighted by atomic mass is 9.84. The summed E-state index contributed by atoms with van der Waals surface area (Å²) in [7, 11) is 0. The van der Waals surface area contributed by atoms with Crippen molar-refractivity contribution in [2.75, 3.05) is 0 Å². The van der Waals surface area contributed by atoms with Gasteiger partial charge >= 0.3 is 0 Å². The number of hydrogen-bond donors (Lipinski definition) is 0. The summed E-state index contributed by atoms with van der Waals surface area (Å²) in [5.74, 6) is 0. The Labute approximate surface area is 287 Å². The van der Waals surface area contributed by atoms with Crippen molar-refractivity contribution in [1.29, 1.82) is 0 Å². The quantitative estimate of drug-likeness (QED) is 0.131. The highest BCUT2D eigenvalue weighted by molar-refractivity contribution is 7.26. The monoisotopic (exact) mass is 636 g/mol. The second-order valence-electron chi connectivity index (χ2n) is 13.1. The smallest absolute Gasteiger partial charge is 0.0440 e. The van der Waals surface area contributed by atoms with E-state index in [-0.39, 0.29) is 0 Å². The van der Waals surface area contributed by atoms with Crippen molar-refractivity contribution in [1.82, 2.24) is 0 Å². The van der Waals surface area contributed by atoms with Gasteiger partial charge in [-0.2, -0.15) is 0 Å². The number of rotatable bonds is 2. The van der Waals surface area contributed by atoms with Crippen LogP contribution < -0.4 is 0 Å². The SMILES string of the molecule is c1ccc2c(-c3c4ccccc4c(-c4ccc5c(c4)c4ccccc4c4ccc6c7ccccc7sc6c45)c4ccccc34)cccc2c1. The second kappa shape index (κ2) is 10.2. The molecule has 1 heteroatoms. The van der Waals surface area contributed by atoms with Gasteiger partial charge in [0, 0.05) is 25.6 Å². The molecule has 0 N–H and O–H groups in total. The van der Waals surface area contributed by atoms with Gasteiger partial charge in [-0.05, 0) is 93.6 Å². The summed E-state index contributed by atoms with van der Waals surface area (Å²) >= 11 is 1.92. The first-order valence-electron chi connectivity index (χ1n) is 16.9. The van der Waals surface area contributed by atoms with Crippen LogP contribution in [0.3, 0.4) is 0 Å². The molecule has 0 bridgehead atoms. The standard InChI is InChI=1S/C48H28S/c1-2-14-31-29(12-1)13-11-22-35(31)46-38-20-7-5-18-36(38)45(37-19-6-8-21-39(37)46)30-24-25-41-43(28-30)33-16-4-3-15-32(33)40-26-27-42-34-17-9-10-23-44(34)49-48(42)47(40)41/h1-28H. The van der Waals surface area contributed by atoms with E-state index in [0.717, 1.165) is 0 Å². The van der Waals surface area contributed by atoms with E-state index in [4.69, 9.17) is 0 Å². The van der Waals surface area contributed by atoms with Crippen LogP contribution in [0.2, 0.25) is 0 Å². The summed E-state index contributed by atoms with van der Waals surface area (Å²) in [5, 5.41) is 18.3. The normalized spacial score (nSPS) is 12.1. The van der Waals surface area contributed by atoms with E-state index >= 15 is 0 Å². The zero-order valence-electron chi connectivity index (χ0n) is 26.6. The molecule has 11 aromatic rings. The molecule has 0 fully saturated rings. The Kier molecular flexibility index (Phi) is 5.64. The van der Waals surface area contributed by atoms with Crippen LogP contribution in [0, 0.1) is 0 Å². The van der Waals surface area contributed by atoms with Crippen molar-refractivity contribution in [2.24, 2.45) is 0 Å². The molecule has 0 saturated heterocycles. The van der Waals surface area contributed by atoms with Crippen LogP contribution in [-0.2, 0) is 0 Å². The minimum Gasteiger partial charge on any atom is -0.135 e. The Morgan fingerprint density at radius 1 is 0.306 bits per heavy atom. The molecule has 49 heavy (non-hydrogen) atoms. The van der Waals surface area contributed by atoms with Gasteiger partial charge in [0.25, 0.3) is 0 Å². The number of fused-ring (bicyclic) bond motifs is 13. The first kappa shape index (κ1) is 27.0. The van der Waals surface area contributed by atoms with E-state index in [1.54, 1.807) is 0 Å². The fraction of sp³-hybridized carbons (Fsp3) is 0. The number of thiophene rings is 1. The Balaban J connectivity index is 1.27. The highest BCUT2D eigenvalue weighted by Crippen LogP contribution is 2.48. The molecular weight excluding hydrogens is 609 g/mol. The molecule has 0 aliphatic rings. The van der Waals surface area contributed by atoms with Crippen LogP contribution in [0.5, 0.6) is 0 Å². The zero-order valence-corrected chi connectivity index (χ0v) is 27.4. The average Bonchev–Trinajstić information content (AvgIpc) is 3.55. The van der Waals surface area contributed by atoms with Crippen molar-refractivity contribution in [2.45, 2.75) is 0 Å². The zero-order chi connectivity index (χ0) is 32.1. The molecule has 11 rings (SSSR count). The molecule has 0 atom stereocenters. The molecule has 1 aromatic heterocycles. The molecule has 0 aliphatic carbocycles. The van der Waals surface area contributed by atoms with E-state index in [0.29, 0.717) is 0 Å². The van der Waals surface area contributed by atoms with Crippen LogP contribution >= 0.6 is 11.3 Å². The molecule has 0 saturated carbocycles. The van der Waals surface area contributed by atoms with E-state index < -0.39 is 0 Å². The largest absolute Gasteiger partial charge is 0.135 e. The fourth-order valence-electron chi connectivity index (χ4n) is 8.55. The van der Waals surface area contributed by atoms with E-state index in [1.165, 1.54) is 107 Å². The Hall–Kier alpha value is -6.02.